The fraction of sp³-hybridized carbons (Fsp3) is 0.188. The van der Waals surface area contributed by atoms with E-state index in [-0.39, 0.29) is 5.56 Å². The van der Waals surface area contributed by atoms with Crippen LogP contribution in [0.4, 0.5) is 0 Å². The first-order valence-corrected chi connectivity index (χ1v) is 6.23. The molecule has 0 aliphatic rings. The number of benzene rings is 2. The SMILES string of the molecule is CCc1ccc(COc2ccc(C(=O)O)cc2)cc1. The first kappa shape index (κ1) is 13.1. The van der Waals surface area contributed by atoms with Crippen LogP contribution < -0.4 is 4.74 Å². The summed E-state index contributed by atoms with van der Waals surface area (Å²) in [5.41, 5.74) is 2.66. The van der Waals surface area contributed by atoms with E-state index in [0.29, 0.717) is 12.4 Å². The van der Waals surface area contributed by atoms with Crippen molar-refractivity contribution in [3.05, 3.63) is 65.2 Å². The predicted octanol–water partition coefficient (Wildman–Crippen LogP) is 3.53. The summed E-state index contributed by atoms with van der Waals surface area (Å²) >= 11 is 0. The molecule has 0 aliphatic carbocycles. The van der Waals surface area contributed by atoms with Gasteiger partial charge in [0, 0.05) is 0 Å². The minimum Gasteiger partial charge on any atom is -0.489 e. The van der Waals surface area contributed by atoms with Gasteiger partial charge in [0.2, 0.25) is 0 Å². The summed E-state index contributed by atoms with van der Waals surface area (Å²) in [6.07, 6.45) is 1.03. The molecule has 3 nitrogen and oxygen atoms in total. The van der Waals surface area contributed by atoms with E-state index < -0.39 is 5.97 Å². The van der Waals surface area contributed by atoms with Crippen molar-refractivity contribution in [2.24, 2.45) is 0 Å². The molecule has 2 aromatic rings. The number of rotatable bonds is 5. The van der Waals surface area contributed by atoms with Crippen LogP contribution in [0.5, 0.6) is 5.75 Å². The minimum absolute atomic E-state index is 0.264. The second-order valence-corrected chi connectivity index (χ2v) is 4.29. The monoisotopic (exact) mass is 256 g/mol. The van der Waals surface area contributed by atoms with E-state index in [9.17, 15) is 4.79 Å². The number of aromatic carboxylic acids is 1. The van der Waals surface area contributed by atoms with Gasteiger partial charge in [0.15, 0.2) is 0 Å². The molecule has 0 unspecified atom stereocenters. The number of carboxylic acids is 1. The van der Waals surface area contributed by atoms with Crippen molar-refractivity contribution in [1.29, 1.82) is 0 Å². The van der Waals surface area contributed by atoms with E-state index in [2.05, 4.69) is 19.1 Å². The van der Waals surface area contributed by atoms with Crippen LogP contribution >= 0.6 is 0 Å². The molecule has 2 rings (SSSR count). The molecule has 0 spiro atoms. The fourth-order valence-corrected chi connectivity index (χ4v) is 1.73. The van der Waals surface area contributed by atoms with Crippen LogP contribution in [0.3, 0.4) is 0 Å². The molecule has 0 fully saturated rings. The second kappa shape index (κ2) is 6.05. The molecular formula is C16H16O3. The fourth-order valence-electron chi connectivity index (χ4n) is 1.73. The van der Waals surface area contributed by atoms with Gasteiger partial charge >= 0.3 is 5.97 Å². The zero-order chi connectivity index (χ0) is 13.7. The van der Waals surface area contributed by atoms with Gasteiger partial charge in [0.1, 0.15) is 12.4 Å². The van der Waals surface area contributed by atoms with Gasteiger partial charge in [-0.2, -0.15) is 0 Å². The molecule has 0 amide bonds. The number of carboxylic acid groups (broad SMARTS) is 1. The standard InChI is InChI=1S/C16H16O3/c1-2-12-3-5-13(6-4-12)11-19-15-9-7-14(8-10-15)16(17)18/h3-10H,2,11H2,1H3,(H,17,18). The Morgan fingerprint density at radius 3 is 2.11 bits per heavy atom. The quantitative estimate of drug-likeness (QED) is 0.890. The van der Waals surface area contributed by atoms with E-state index in [1.807, 2.05) is 12.1 Å². The van der Waals surface area contributed by atoms with Gasteiger partial charge in [-0.05, 0) is 41.8 Å². The summed E-state index contributed by atoms with van der Waals surface area (Å²) in [5, 5.41) is 8.79. The highest BCUT2D eigenvalue weighted by molar-refractivity contribution is 5.87. The summed E-state index contributed by atoms with van der Waals surface area (Å²) in [6.45, 7) is 2.60. The molecular weight excluding hydrogens is 240 g/mol. The molecule has 0 aromatic heterocycles. The van der Waals surface area contributed by atoms with Gasteiger partial charge in [-0.25, -0.2) is 4.79 Å². The summed E-state index contributed by atoms with van der Waals surface area (Å²) in [7, 11) is 0. The van der Waals surface area contributed by atoms with Crippen LogP contribution in [-0.2, 0) is 13.0 Å². The Morgan fingerprint density at radius 2 is 1.58 bits per heavy atom. The lowest BCUT2D eigenvalue weighted by Crippen LogP contribution is -1.98. The third-order valence-electron chi connectivity index (χ3n) is 2.94. The van der Waals surface area contributed by atoms with Crippen molar-refractivity contribution in [2.45, 2.75) is 20.0 Å². The van der Waals surface area contributed by atoms with E-state index >= 15 is 0 Å². The van der Waals surface area contributed by atoms with Gasteiger partial charge in [-0.15, -0.1) is 0 Å². The Morgan fingerprint density at radius 1 is 1.00 bits per heavy atom. The molecule has 0 atom stereocenters. The largest absolute Gasteiger partial charge is 0.489 e. The molecule has 0 saturated heterocycles. The lowest BCUT2D eigenvalue weighted by atomic mass is 10.1. The molecule has 0 radical (unpaired) electrons. The lowest BCUT2D eigenvalue weighted by molar-refractivity contribution is 0.0697. The minimum atomic E-state index is -0.929. The maximum absolute atomic E-state index is 10.7. The number of hydrogen-bond donors (Lipinski definition) is 1. The van der Waals surface area contributed by atoms with Crippen molar-refractivity contribution in [1.82, 2.24) is 0 Å². The summed E-state index contributed by atoms with van der Waals surface area (Å²) in [5.74, 6) is -0.258. The molecule has 98 valence electrons. The molecule has 0 aliphatic heterocycles. The molecule has 3 heteroatoms. The first-order valence-electron chi connectivity index (χ1n) is 6.23. The molecule has 2 aromatic carbocycles. The maximum atomic E-state index is 10.7. The van der Waals surface area contributed by atoms with Crippen LogP contribution in [0.1, 0.15) is 28.4 Å². The normalized spacial score (nSPS) is 10.2. The highest BCUT2D eigenvalue weighted by atomic mass is 16.5. The highest BCUT2D eigenvalue weighted by Crippen LogP contribution is 2.14. The van der Waals surface area contributed by atoms with Gasteiger partial charge in [0.25, 0.3) is 0 Å². The van der Waals surface area contributed by atoms with Gasteiger partial charge in [-0.3, -0.25) is 0 Å². The Bertz CT molecular complexity index is 541. The number of carbonyl (C=O) groups is 1. The Kier molecular flexibility index (Phi) is 4.18. The molecule has 0 saturated carbocycles. The highest BCUT2D eigenvalue weighted by Gasteiger charge is 2.02. The molecule has 0 bridgehead atoms. The van der Waals surface area contributed by atoms with Crippen molar-refractivity contribution >= 4 is 5.97 Å². The second-order valence-electron chi connectivity index (χ2n) is 4.29. The van der Waals surface area contributed by atoms with E-state index in [1.54, 1.807) is 12.1 Å². The van der Waals surface area contributed by atoms with Crippen molar-refractivity contribution in [3.8, 4) is 5.75 Å². The van der Waals surface area contributed by atoms with Crippen LogP contribution in [0, 0.1) is 0 Å². The zero-order valence-electron chi connectivity index (χ0n) is 10.8. The maximum Gasteiger partial charge on any atom is 0.335 e. The Hall–Kier alpha value is -2.29. The summed E-state index contributed by atoms with van der Waals surface area (Å²) < 4.78 is 5.61. The lowest BCUT2D eigenvalue weighted by Gasteiger charge is -2.07. The Labute approximate surface area is 112 Å². The van der Waals surface area contributed by atoms with Crippen molar-refractivity contribution in [3.63, 3.8) is 0 Å². The molecule has 1 N–H and O–H groups in total. The van der Waals surface area contributed by atoms with E-state index in [0.717, 1.165) is 12.0 Å². The van der Waals surface area contributed by atoms with Gasteiger partial charge in [-0.1, -0.05) is 31.2 Å². The average Bonchev–Trinajstić information content (AvgIpc) is 2.46. The predicted molar refractivity (Wildman–Crippen MR) is 73.6 cm³/mol. The van der Waals surface area contributed by atoms with Crippen LogP contribution in [0.25, 0.3) is 0 Å². The van der Waals surface area contributed by atoms with E-state index in [1.165, 1.54) is 17.7 Å². The Balaban J connectivity index is 1.95. The van der Waals surface area contributed by atoms with Crippen molar-refractivity contribution < 1.29 is 14.6 Å². The topological polar surface area (TPSA) is 46.5 Å². The molecule has 0 heterocycles. The first-order chi connectivity index (χ1) is 9.19. The number of ether oxygens (including phenoxy) is 1. The third kappa shape index (κ3) is 3.58. The van der Waals surface area contributed by atoms with Crippen LogP contribution in [0.15, 0.2) is 48.5 Å². The van der Waals surface area contributed by atoms with Crippen LogP contribution in [-0.4, -0.2) is 11.1 Å². The van der Waals surface area contributed by atoms with Gasteiger partial charge in [0.05, 0.1) is 5.56 Å². The zero-order valence-corrected chi connectivity index (χ0v) is 10.8. The van der Waals surface area contributed by atoms with E-state index in [4.69, 9.17) is 9.84 Å². The van der Waals surface area contributed by atoms with Crippen LogP contribution in [0.2, 0.25) is 0 Å². The number of hydrogen-bond acceptors (Lipinski definition) is 2. The number of aryl methyl sites for hydroxylation is 1. The summed E-state index contributed by atoms with van der Waals surface area (Å²) in [6, 6.07) is 14.7. The third-order valence-corrected chi connectivity index (χ3v) is 2.94. The average molecular weight is 256 g/mol. The smallest absolute Gasteiger partial charge is 0.335 e. The summed E-state index contributed by atoms with van der Waals surface area (Å²) in [4.78, 5) is 10.7. The van der Waals surface area contributed by atoms with Gasteiger partial charge < -0.3 is 9.84 Å². The van der Waals surface area contributed by atoms with Crippen molar-refractivity contribution in [2.75, 3.05) is 0 Å². The molecule has 19 heavy (non-hydrogen) atoms.